The van der Waals surface area contributed by atoms with Gasteiger partial charge < -0.3 is 5.11 Å². The van der Waals surface area contributed by atoms with Crippen LogP contribution in [0.15, 0.2) is 18.3 Å². The lowest BCUT2D eigenvalue weighted by Crippen LogP contribution is -2.27. The molecule has 0 aliphatic heterocycles. The molecular weight excluding hydrogens is 212 g/mol. The van der Waals surface area contributed by atoms with Crippen LogP contribution in [-0.2, 0) is 6.54 Å². The van der Waals surface area contributed by atoms with Gasteiger partial charge in [0.2, 0.25) is 0 Å². The minimum absolute atomic E-state index is 0.181. The second kappa shape index (κ2) is 6.77. The summed E-state index contributed by atoms with van der Waals surface area (Å²) >= 11 is 5.87. The Labute approximate surface area is 95.7 Å². The van der Waals surface area contributed by atoms with Crippen LogP contribution in [0.3, 0.4) is 0 Å². The monoisotopic (exact) mass is 228 g/mol. The Hall–Kier alpha value is -0.640. The lowest BCUT2D eigenvalue weighted by Gasteiger charge is -2.19. The molecular formula is C11H17ClN2O. The molecule has 0 saturated heterocycles. The van der Waals surface area contributed by atoms with Gasteiger partial charge in [-0.15, -0.1) is 0 Å². The van der Waals surface area contributed by atoms with Crippen molar-refractivity contribution in [3.63, 3.8) is 0 Å². The van der Waals surface area contributed by atoms with Crippen LogP contribution in [-0.4, -0.2) is 34.7 Å². The number of hydrogen-bond donors (Lipinski definition) is 1. The molecule has 4 heteroatoms. The fraction of sp³-hybridized carbons (Fsp3) is 0.545. The standard InChI is InChI=1S/C11H17ClN2O/c1-2-5-14(6-7-15)9-11-8-10(12)3-4-13-11/h3-4,8,15H,2,5-7,9H2,1H3. The van der Waals surface area contributed by atoms with Gasteiger partial charge in [-0.2, -0.15) is 0 Å². The van der Waals surface area contributed by atoms with Crippen molar-refractivity contribution in [3.05, 3.63) is 29.0 Å². The van der Waals surface area contributed by atoms with Gasteiger partial charge in [0.25, 0.3) is 0 Å². The van der Waals surface area contributed by atoms with Gasteiger partial charge in [0.1, 0.15) is 0 Å². The molecule has 0 aliphatic rings. The summed E-state index contributed by atoms with van der Waals surface area (Å²) in [5, 5.41) is 9.62. The predicted octanol–water partition coefficient (Wildman–Crippen LogP) is 1.94. The van der Waals surface area contributed by atoms with E-state index in [2.05, 4.69) is 16.8 Å². The van der Waals surface area contributed by atoms with Crippen LogP contribution in [0.5, 0.6) is 0 Å². The molecule has 0 aliphatic carbocycles. The Kier molecular flexibility index (Phi) is 5.61. The maximum atomic E-state index is 8.91. The summed E-state index contributed by atoms with van der Waals surface area (Å²) in [6, 6.07) is 3.63. The first kappa shape index (κ1) is 12.4. The van der Waals surface area contributed by atoms with Gasteiger partial charge in [0.15, 0.2) is 0 Å². The molecule has 0 aromatic carbocycles. The number of hydrogen-bond acceptors (Lipinski definition) is 3. The van der Waals surface area contributed by atoms with E-state index in [1.54, 1.807) is 12.3 Å². The lowest BCUT2D eigenvalue weighted by molar-refractivity contribution is 0.189. The van der Waals surface area contributed by atoms with Crippen molar-refractivity contribution < 1.29 is 5.11 Å². The maximum absolute atomic E-state index is 8.91. The first-order chi connectivity index (χ1) is 7.26. The molecule has 0 atom stereocenters. The first-order valence-corrected chi connectivity index (χ1v) is 5.57. The SMILES string of the molecule is CCCN(CCO)Cc1cc(Cl)ccn1. The molecule has 1 N–H and O–H groups in total. The van der Waals surface area contributed by atoms with E-state index in [0.717, 1.165) is 25.2 Å². The van der Waals surface area contributed by atoms with Crippen molar-refractivity contribution in [1.29, 1.82) is 0 Å². The summed E-state index contributed by atoms with van der Waals surface area (Å²) in [7, 11) is 0. The number of halogens is 1. The summed E-state index contributed by atoms with van der Waals surface area (Å²) in [4.78, 5) is 6.40. The van der Waals surface area contributed by atoms with Gasteiger partial charge in [0, 0.05) is 24.3 Å². The lowest BCUT2D eigenvalue weighted by atomic mass is 10.3. The van der Waals surface area contributed by atoms with Crippen molar-refractivity contribution in [2.24, 2.45) is 0 Å². The largest absolute Gasteiger partial charge is 0.395 e. The third-order valence-corrected chi connectivity index (χ3v) is 2.36. The Bertz CT molecular complexity index is 288. The summed E-state index contributed by atoms with van der Waals surface area (Å²) in [6.07, 6.45) is 2.78. The van der Waals surface area contributed by atoms with Crippen molar-refractivity contribution in [2.75, 3.05) is 19.7 Å². The van der Waals surface area contributed by atoms with Gasteiger partial charge in [-0.3, -0.25) is 9.88 Å². The van der Waals surface area contributed by atoms with Crippen molar-refractivity contribution >= 4 is 11.6 Å². The molecule has 0 amide bonds. The summed E-state index contributed by atoms with van der Waals surface area (Å²) in [6.45, 7) is 4.70. The molecule has 1 rings (SSSR count). The van der Waals surface area contributed by atoms with E-state index < -0.39 is 0 Å². The van der Waals surface area contributed by atoms with Crippen LogP contribution in [0.4, 0.5) is 0 Å². The molecule has 0 spiro atoms. The Morgan fingerprint density at radius 1 is 1.47 bits per heavy atom. The highest BCUT2D eigenvalue weighted by molar-refractivity contribution is 6.30. The van der Waals surface area contributed by atoms with Crippen molar-refractivity contribution in [1.82, 2.24) is 9.88 Å². The molecule has 0 bridgehead atoms. The Morgan fingerprint density at radius 3 is 2.87 bits per heavy atom. The van der Waals surface area contributed by atoms with Crippen molar-refractivity contribution in [3.8, 4) is 0 Å². The second-order valence-electron chi connectivity index (χ2n) is 3.47. The van der Waals surface area contributed by atoms with Gasteiger partial charge >= 0.3 is 0 Å². The first-order valence-electron chi connectivity index (χ1n) is 5.20. The molecule has 0 unspecified atom stereocenters. The summed E-state index contributed by atoms with van der Waals surface area (Å²) in [5.74, 6) is 0. The van der Waals surface area contributed by atoms with Gasteiger partial charge in [0.05, 0.1) is 12.3 Å². The topological polar surface area (TPSA) is 36.4 Å². The molecule has 84 valence electrons. The van der Waals surface area contributed by atoms with Gasteiger partial charge in [-0.05, 0) is 25.1 Å². The van der Waals surface area contributed by atoms with Crippen LogP contribution in [0.2, 0.25) is 5.02 Å². The fourth-order valence-corrected chi connectivity index (χ4v) is 1.67. The number of nitrogens with zero attached hydrogens (tertiary/aromatic N) is 2. The number of rotatable bonds is 6. The molecule has 0 radical (unpaired) electrons. The van der Waals surface area contributed by atoms with Gasteiger partial charge in [-0.1, -0.05) is 18.5 Å². The highest BCUT2D eigenvalue weighted by Gasteiger charge is 2.05. The maximum Gasteiger partial charge on any atom is 0.0558 e. The normalized spacial score (nSPS) is 10.9. The van der Waals surface area contributed by atoms with E-state index in [1.807, 2.05) is 6.07 Å². The van der Waals surface area contributed by atoms with E-state index in [1.165, 1.54) is 0 Å². The van der Waals surface area contributed by atoms with Gasteiger partial charge in [-0.25, -0.2) is 0 Å². The summed E-state index contributed by atoms with van der Waals surface area (Å²) < 4.78 is 0. The van der Waals surface area contributed by atoms with E-state index in [0.29, 0.717) is 11.6 Å². The molecule has 15 heavy (non-hydrogen) atoms. The van der Waals surface area contributed by atoms with Crippen LogP contribution >= 0.6 is 11.6 Å². The average molecular weight is 229 g/mol. The second-order valence-corrected chi connectivity index (χ2v) is 3.90. The average Bonchev–Trinajstić information content (AvgIpc) is 2.18. The number of aliphatic hydroxyl groups is 1. The summed E-state index contributed by atoms with van der Waals surface area (Å²) in [5.41, 5.74) is 0.949. The van der Waals surface area contributed by atoms with Crippen molar-refractivity contribution in [2.45, 2.75) is 19.9 Å². The highest BCUT2D eigenvalue weighted by atomic mass is 35.5. The minimum Gasteiger partial charge on any atom is -0.395 e. The van der Waals surface area contributed by atoms with Crippen LogP contribution in [0.25, 0.3) is 0 Å². The Morgan fingerprint density at radius 2 is 2.27 bits per heavy atom. The van der Waals surface area contributed by atoms with E-state index in [-0.39, 0.29) is 6.61 Å². The zero-order valence-corrected chi connectivity index (χ0v) is 9.74. The smallest absolute Gasteiger partial charge is 0.0558 e. The van der Waals surface area contributed by atoms with E-state index >= 15 is 0 Å². The molecule has 3 nitrogen and oxygen atoms in total. The zero-order chi connectivity index (χ0) is 11.1. The number of aliphatic hydroxyl groups excluding tert-OH is 1. The quantitative estimate of drug-likeness (QED) is 0.809. The van der Waals surface area contributed by atoms with E-state index in [9.17, 15) is 0 Å². The van der Waals surface area contributed by atoms with Crippen LogP contribution < -0.4 is 0 Å². The predicted molar refractivity (Wildman–Crippen MR) is 61.9 cm³/mol. The van der Waals surface area contributed by atoms with E-state index in [4.69, 9.17) is 16.7 Å². The molecule has 1 aromatic rings. The zero-order valence-electron chi connectivity index (χ0n) is 8.99. The molecule has 1 aromatic heterocycles. The van der Waals surface area contributed by atoms with Crippen LogP contribution in [0, 0.1) is 0 Å². The molecule has 1 heterocycles. The highest BCUT2D eigenvalue weighted by Crippen LogP contribution is 2.10. The number of aromatic nitrogens is 1. The van der Waals surface area contributed by atoms with Crippen LogP contribution in [0.1, 0.15) is 19.0 Å². The minimum atomic E-state index is 0.181. The third-order valence-electron chi connectivity index (χ3n) is 2.12. The fourth-order valence-electron chi connectivity index (χ4n) is 1.49. The third kappa shape index (κ3) is 4.60. The Balaban J connectivity index is 2.56. The molecule has 0 saturated carbocycles. The molecule has 0 fully saturated rings. The number of pyridine rings is 1.